The Labute approximate surface area is 165 Å². The van der Waals surface area contributed by atoms with Gasteiger partial charge in [0.25, 0.3) is 0 Å². The quantitative estimate of drug-likeness (QED) is 0.634. The normalized spacial score (nSPS) is 16.2. The molecule has 0 saturated heterocycles. The molecule has 0 bridgehead atoms. The van der Waals surface area contributed by atoms with Crippen molar-refractivity contribution in [2.45, 2.75) is 51.7 Å². The highest BCUT2D eigenvalue weighted by Gasteiger charge is 2.28. The number of carbonyl (C=O) groups excluding carboxylic acids is 1. The Morgan fingerprint density at radius 3 is 2.79 bits per heavy atom. The first-order valence-electron chi connectivity index (χ1n) is 9.92. The van der Waals surface area contributed by atoms with Crippen molar-refractivity contribution in [2.75, 3.05) is 6.54 Å². The van der Waals surface area contributed by atoms with Crippen molar-refractivity contribution in [3.63, 3.8) is 0 Å². The summed E-state index contributed by atoms with van der Waals surface area (Å²) < 4.78 is 4.08. The minimum Gasteiger partial charge on any atom is -0.333 e. The molecule has 0 saturated carbocycles. The zero-order valence-corrected chi connectivity index (χ0v) is 16.2. The number of aromatic nitrogens is 5. The Bertz CT molecular complexity index is 902. The molecule has 0 fully saturated rings. The van der Waals surface area contributed by atoms with Gasteiger partial charge >= 0.3 is 0 Å². The largest absolute Gasteiger partial charge is 0.333 e. The van der Waals surface area contributed by atoms with Gasteiger partial charge in [0.15, 0.2) is 5.82 Å². The Kier molecular flexibility index (Phi) is 5.50. The third-order valence-electron chi connectivity index (χ3n) is 5.26. The predicted octanol–water partition coefficient (Wildman–Crippen LogP) is 2.64. The minimum absolute atomic E-state index is 0.180. The van der Waals surface area contributed by atoms with Gasteiger partial charge in [-0.3, -0.25) is 9.48 Å². The molecule has 1 aliphatic heterocycles. The van der Waals surface area contributed by atoms with E-state index in [0.29, 0.717) is 19.5 Å². The highest BCUT2D eigenvalue weighted by Crippen LogP contribution is 2.23. The number of carbonyl (C=O) groups is 1. The zero-order valence-electron chi connectivity index (χ0n) is 16.2. The fourth-order valence-electron chi connectivity index (χ4n) is 3.86. The smallest absolute Gasteiger partial charge is 0.223 e. The number of amides is 1. The van der Waals surface area contributed by atoms with Crippen LogP contribution in [0.3, 0.4) is 0 Å². The van der Waals surface area contributed by atoms with E-state index in [4.69, 9.17) is 0 Å². The average Bonchev–Trinajstić information content (AvgIpc) is 3.37. The van der Waals surface area contributed by atoms with Crippen molar-refractivity contribution in [1.29, 1.82) is 0 Å². The van der Waals surface area contributed by atoms with E-state index in [1.807, 2.05) is 27.9 Å². The summed E-state index contributed by atoms with van der Waals surface area (Å²) >= 11 is 0. The lowest BCUT2D eigenvalue weighted by atomic mass is 10.1. The Morgan fingerprint density at radius 1 is 1.14 bits per heavy atom. The molecule has 0 N–H and O–H groups in total. The summed E-state index contributed by atoms with van der Waals surface area (Å²) in [6.07, 6.45) is 6.81. The average molecular weight is 378 g/mol. The molecule has 7 heteroatoms. The molecule has 1 aliphatic rings. The predicted molar refractivity (Wildman–Crippen MR) is 105 cm³/mol. The van der Waals surface area contributed by atoms with Crippen LogP contribution in [0, 0.1) is 0 Å². The maximum Gasteiger partial charge on any atom is 0.223 e. The third kappa shape index (κ3) is 4.13. The van der Waals surface area contributed by atoms with Gasteiger partial charge in [-0.2, -0.15) is 5.10 Å². The van der Waals surface area contributed by atoms with Crippen LogP contribution in [0.2, 0.25) is 0 Å². The van der Waals surface area contributed by atoms with Gasteiger partial charge in [0.1, 0.15) is 5.82 Å². The van der Waals surface area contributed by atoms with E-state index in [0.717, 1.165) is 37.5 Å². The number of aryl methyl sites for hydroxylation is 3. The fraction of sp³-hybridized carbons (Fsp3) is 0.429. The van der Waals surface area contributed by atoms with Gasteiger partial charge in [0.05, 0.1) is 12.6 Å². The van der Waals surface area contributed by atoms with Crippen LogP contribution in [-0.2, 0) is 30.7 Å². The van der Waals surface area contributed by atoms with Crippen molar-refractivity contribution in [3.8, 4) is 0 Å². The standard InChI is InChI=1S/C21H26N6O/c1-17-15-25(21(28)9-5-13-26-14-6-12-22-26)16-20-24-23-19(27(17)20)11-10-18-7-3-2-4-8-18/h2-4,6-8,12,14,17H,5,9-11,13,15-16H2,1H3/t17-/m0/s1. The molecule has 28 heavy (non-hydrogen) atoms. The lowest BCUT2D eigenvalue weighted by Crippen LogP contribution is -2.40. The molecule has 0 radical (unpaired) electrons. The Balaban J connectivity index is 1.34. The first-order valence-corrected chi connectivity index (χ1v) is 9.92. The van der Waals surface area contributed by atoms with E-state index >= 15 is 0 Å². The van der Waals surface area contributed by atoms with Gasteiger partial charge in [-0.25, -0.2) is 0 Å². The molecule has 4 rings (SSSR count). The van der Waals surface area contributed by atoms with Gasteiger partial charge in [-0.15, -0.1) is 10.2 Å². The summed E-state index contributed by atoms with van der Waals surface area (Å²) in [5, 5.41) is 13.0. The molecular formula is C21H26N6O. The van der Waals surface area contributed by atoms with Crippen LogP contribution in [0.5, 0.6) is 0 Å². The van der Waals surface area contributed by atoms with Crippen molar-refractivity contribution in [3.05, 3.63) is 66.0 Å². The summed E-state index contributed by atoms with van der Waals surface area (Å²) in [7, 11) is 0. The van der Waals surface area contributed by atoms with Gasteiger partial charge in [0, 0.05) is 38.3 Å². The summed E-state index contributed by atoms with van der Waals surface area (Å²) in [5.41, 5.74) is 1.30. The van der Waals surface area contributed by atoms with Gasteiger partial charge < -0.3 is 9.47 Å². The van der Waals surface area contributed by atoms with Crippen LogP contribution in [0.25, 0.3) is 0 Å². The molecule has 7 nitrogen and oxygen atoms in total. The second-order valence-electron chi connectivity index (χ2n) is 7.38. The van der Waals surface area contributed by atoms with E-state index in [2.05, 4.69) is 51.1 Å². The highest BCUT2D eigenvalue weighted by atomic mass is 16.2. The molecule has 2 aromatic heterocycles. The lowest BCUT2D eigenvalue weighted by Gasteiger charge is -2.32. The van der Waals surface area contributed by atoms with Crippen LogP contribution in [0.1, 0.15) is 43.0 Å². The van der Waals surface area contributed by atoms with Crippen LogP contribution in [0.15, 0.2) is 48.8 Å². The van der Waals surface area contributed by atoms with E-state index in [-0.39, 0.29) is 11.9 Å². The van der Waals surface area contributed by atoms with Crippen LogP contribution in [-0.4, -0.2) is 41.9 Å². The monoisotopic (exact) mass is 378 g/mol. The first-order chi connectivity index (χ1) is 13.7. The molecule has 3 heterocycles. The third-order valence-corrected chi connectivity index (χ3v) is 5.26. The molecule has 0 unspecified atom stereocenters. The number of hydrogen-bond donors (Lipinski definition) is 0. The number of fused-ring (bicyclic) bond motifs is 1. The van der Waals surface area contributed by atoms with Gasteiger partial charge in [-0.1, -0.05) is 30.3 Å². The topological polar surface area (TPSA) is 68.8 Å². The van der Waals surface area contributed by atoms with Crippen LogP contribution >= 0.6 is 0 Å². The summed E-state index contributed by atoms with van der Waals surface area (Å²) in [6, 6.07) is 12.5. The number of rotatable bonds is 7. The molecule has 146 valence electrons. The van der Waals surface area contributed by atoms with E-state index in [1.54, 1.807) is 6.20 Å². The molecule has 1 aromatic carbocycles. The van der Waals surface area contributed by atoms with E-state index in [9.17, 15) is 4.79 Å². The Morgan fingerprint density at radius 2 is 2.00 bits per heavy atom. The lowest BCUT2D eigenvalue weighted by molar-refractivity contribution is -0.133. The molecule has 0 spiro atoms. The van der Waals surface area contributed by atoms with Crippen molar-refractivity contribution in [2.24, 2.45) is 0 Å². The number of benzene rings is 1. The maximum atomic E-state index is 12.6. The van der Waals surface area contributed by atoms with Gasteiger partial charge in [-0.05, 0) is 31.4 Å². The van der Waals surface area contributed by atoms with Crippen LogP contribution in [0.4, 0.5) is 0 Å². The number of nitrogens with zero attached hydrogens (tertiary/aromatic N) is 6. The molecule has 0 aliphatic carbocycles. The minimum atomic E-state index is 0.180. The van der Waals surface area contributed by atoms with Gasteiger partial charge in [0.2, 0.25) is 5.91 Å². The van der Waals surface area contributed by atoms with E-state index < -0.39 is 0 Å². The van der Waals surface area contributed by atoms with Crippen molar-refractivity contribution >= 4 is 5.91 Å². The summed E-state index contributed by atoms with van der Waals surface area (Å²) in [6.45, 7) is 4.16. The second kappa shape index (κ2) is 8.37. The summed E-state index contributed by atoms with van der Waals surface area (Å²) in [4.78, 5) is 14.6. The zero-order chi connectivity index (χ0) is 19.3. The maximum absolute atomic E-state index is 12.6. The molecular weight excluding hydrogens is 352 g/mol. The SMILES string of the molecule is C[C@H]1CN(C(=O)CCCn2cccn2)Cc2nnc(CCc3ccccc3)n21. The second-order valence-corrected chi connectivity index (χ2v) is 7.38. The van der Waals surface area contributed by atoms with Crippen molar-refractivity contribution < 1.29 is 4.79 Å². The first kappa shape index (κ1) is 18.4. The molecule has 3 aromatic rings. The fourth-order valence-corrected chi connectivity index (χ4v) is 3.86. The molecule has 1 amide bonds. The van der Waals surface area contributed by atoms with Crippen LogP contribution < -0.4 is 0 Å². The summed E-state index contributed by atoms with van der Waals surface area (Å²) in [5.74, 6) is 2.08. The Hall–Kier alpha value is -2.96. The van der Waals surface area contributed by atoms with Crippen molar-refractivity contribution in [1.82, 2.24) is 29.4 Å². The highest BCUT2D eigenvalue weighted by molar-refractivity contribution is 5.76. The van der Waals surface area contributed by atoms with E-state index in [1.165, 1.54) is 5.56 Å². The number of hydrogen-bond acceptors (Lipinski definition) is 4. The molecule has 1 atom stereocenters.